The van der Waals surface area contributed by atoms with Gasteiger partial charge in [0.2, 0.25) is 5.91 Å². The van der Waals surface area contributed by atoms with Crippen LogP contribution in [0.3, 0.4) is 0 Å². The number of thiazole rings is 1. The summed E-state index contributed by atoms with van der Waals surface area (Å²) >= 11 is 7.47. The summed E-state index contributed by atoms with van der Waals surface area (Å²) in [7, 11) is 0. The minimum Gasteiger partial charge on any atom is -0.347 e. The summed E-state index contributed by atoms with van der Waals surface area (Å²) in [6.45, 7) is 3.39. The molecular formula is C17H16ClN5OS. The number of nitrogens with one attached hydrogen (secondary N) is 2. The van der Waals surface area contributed by atoms with Crippen molar-refractivity contribution in [3.8, 4) is 10.6 Å². The number of hydrogen-bond donors (Lipinski definition) is 2. The first-order chi connectivity index (χ1) is 12.0. The first-order valence-corrected chi connectivity index (χ1v) is 8.79. The van der Waals surface area contributed by atoms with Crippen molar-refractivity contribution in [2.45, 2.75) is 19.9 Å². The van der Waals surface area contributed by atoms with Crippen LogP contribution in [0.4, 0.5) is 11.6 Å². The molecule has 0 saturated carbocycles. The SMILES string of the molecule is CC(=O)N[C@@H](C)c1ncc(-c2cccc(Nc3cc(Cl)ccn3)n2)s1. The van der Waals surface area contributed by atoms with Crippen LogP contribution in [-0.4, -0.2) is 20.9 Å². The van der Waals surface area contributed by atoms with E-state index in [0.29, 0.717) is 16.7 Å². The van der Waals surface area contributed by atoms with Gasteiger partial charge < -0.3 is 10.6 Å². The largest absolute Gasteiger partial charge is 0.347 e. The van der Waals surface area contributed by atoms with Gasteiger partial charge in [-0.25, -0.2) is 15.0 Å². The van der Waals surface area contributed by atoms with E-state index in [9.17, 15) is 4.79 Å². The van der Waals surface area contributed by atoms with Crippen molar-refractivity contribution in [2.24, 2.45) is 0 Å². The van der Waals surface area contributed by atoms with Crippen LogP contribution in [0.5, 0.6) is 0 Å². The number of hydrogen-bond acceptors (Lipinski definition) is 6. The molecule has 0 aliphatic heterocycles. The van der Waals surface area contributed by atoms with Gasteiger partial charge in [0.1, 0.15) is 16.6 Å². The van der Waals surface area contributed by atoms with Crippen molar-refractivity contribution in [2.75, 3.05) is 5.32 Å². The lowest BCUT2D eigenvalue weighted by molar-refractivity contribution is -0.119. The van der Waals surface area contributed by atoms with Crippen LogP contribution in [0.1, 0.15) is 24.9 Å². The Hall–Kier alpha value is -2.51. The zero-order valence-electron chi connectivity index (χ0n) is 13.7. The maximum Gasteiger partial charge on any atom is 0.217 e. The monoisotopic (exact) mass is 373 g/mol. The summed E-state index contributed by atoms with van der Waals surface area (Å²) in [5.41, 5.74) is 0.797. The average molecular weight is 374 g/mol. The Bertz CT molecular complexity index is 898. The van der Waals surface area contributed by atoms with Crippen LogP contribution in [0.2, 0.25) is 5.02 Å². The molecule has 0 fully saturated rings. The van der Waals surface area contributed by atoms with E-state index in [1.54, 1.807) is 24.5 Å². The first kappa shape index (κ1) is 17.3. The smallest absolute Gasteiger partial charge is 0.217 e. The van der Waals surface area contributed by atoms with E-state index < -0.39 is 0 Å². The highest BCUT2D eigenvalue weighted by Crippen LogP contribution is 2.29. The number of amides is 1. The van der Waals surface area contributed by atoms with Crippen LogP contribution in [0, 0.1) is 0 Å². The number of pyridine rings is 2. The van der Waals surface area contributed by atoms with Crippen LogP contribution in [0.25, 0.3) is 10.6 Å². The molecule has 3 heterocycles. The molecule has 6 nitrogen and oxygen atoms in total. The molecule has 0 aliphatic rings. The van der Waals surface area contributed by atoms with Gasteiger partial charge in [0.05, 0.1) is 16.6 Å². The van der Waals surface area contributed by atoms with Crippen molar-refractivity contribution < 1.29 is 4.79 Å². The quantitative estimate of drug-likeness (QED) is 0.700. The Kier molecular flexibility index (Phi) is 5.25. The summed E-state index contributed by atoms with van der Waals surface area (Å²) in [5.74, 6) is 1.21. The first-order valence-electron chi connectivity index (χ1n) is 7.60. The number of halogens is 1. The van der Waals surface area contributed by atoms with Gasteiger partial charge in [0, 0.05) is 24.3 Å². The molecule has 3 aromatic heterocycles. The molecule has 0 spiro atoms. The van der Waals surface area contributed by atoms with E-state index in [0.717, 1.165) is 15.6 Å². The van der Waals surface area contributed by atoms with Crippen LogP contribution < -0.4 is 10.6 Å². The Labute approximate surface area is 154 Å². The molecule has 8 heteroatoms. The van der Waals surface area contributed by atoms with Gasteiger partial charge in [0.25, 0.3) is 0 Å². The number of anilines is 2. The molecule has 0 saturated heterocycles. The van der Waals surface area contributed by atoms with Gasteiger partial charge >= 0.3 is 0 Å². The Morgan fingerprint density at radius 2 is 2.08 bits per heavy atom. The standard InChI is InChI=1S/C17H16ClN5OS/c1-10(21-11(2)24)17-20-9-14(25-17)13-4-3-5-15(22-13)23-16-8-12(18)6-7-19-16/h3-10H,1-2H3,(H,21,24)(H,19,22,23)/t10-/m0/s1. The number of carbonyl (C=O) groups excluding carboxylic acids is 1. The number of aromatic nitrogens is 3. The molecule has 0 radical (unpaired) electrons. The van der Waals surface area contributed by atoms with E-state index in [1.165, 1.54) is 18.3 Å². The lowest BCUT2D eigenvalue weighted by atomic mass is 10.3. The molecular weight excluding hydrogens is 358 g/mol. The van der Waals surface area contributed by atoms with Crippen molar-refractivity contribution >= 4 is 40.5 Å². The van der Waals surface area contributed by atoms with Gasteiger partial charge in [-0.15, -0.1) is 11.3 Å². The molecule has 1 atom stereocenters. The Morgan fingerprint density at radius 1 is 1.24 bits per heavy atom. The predicted octanol–water partition coefficient (Wildman–Crippen LogP) is 4.19. The fourth-order valence-corrected chi connectivity index (χ4v) is 3.27. The van der Waals surface area contributed by atoms with Gasteiger partial charge in [-0.05, 0) is 31.2 Å². The second kappa shape index (κ2) is 7.58. The van der Waals surface area contributed by atoms with E-state index >= 15 is 0 Å². The Balaban J connectivity index is 1.80. The summed E-state index contributed by atoms with van der Waals surface area (Å²) in [4.78, 5) is 25.3. The molecule has 1 amide bonds. The maximum absolute atomic E-state index is 11.2. The second-order valence-corrected chi connectivity index (χ2v) is 6.88. The van der Waals surface area contributed by atoms with Crippen molar-refractivity contribution in [3.63, 3.8) is 0 Å². The summed E-state index contributed by atoms with van der Waals surface area (Å²) in [6.07, 6.45) is 3.40. The fraction of sp³-hybridized carbons (Fsp3) is 0.176. The molecule has 3 aromatic rings. The second-order valence-electron chi connectivity index (χ2n) is 5.38. The van der Waals surface area contributed by atoms with Crippen molar-refractivity contribution in [1.82, 2.24) is 20.3 Å². The molecule has 0 aromatic carbocycles. The fourth-order valence-electron chi connectivity index (χ4n) is 2.22. The molecule has 0 unspecified atom stereocenters. The van der Waals surface area contributed by atoms with Crippen LogP contribution in [0.15, 0.2) is 42.7 Å². The van der Waals surface area contributed by atoms with E-state index in [1.807, 2.05) is 25.1 Å². The molecule has 0 aliphatic carbocycles. The van der Waals surface area contributed by atoms with Gasteiger partial charge in [-0.2, -0.15) is 0 Å². The summed E-state index contributed by atoms with van der Waals surface area (Å²) < 4.78 is 0. The third-order valence-corrected chi connectivity index (χ3v) is 4.73. The van der Waals surface area contributed by atoms with Gasteiger partial charge in [-0.3, -0.25) is 4.79 Å². The van der Waals surface area contributed by atoms with Crippen molar-refractivity contribution in [1.29, 1.82) is 0 Å². The molecule has 0 bridgehead atoms. The topological polar surface area (TPSA) is 79.8 Å². The van der Waals surface area contributed by atoms with Crippen LogP contribution >= 0.6 is 22.9 Å². The molecule has 25 heavy (non-hydrogen) atoms. The highest BCUT2D eigenvalue weighted by Gasteiger charge is 2.13. The normalized spacial score (nSPS) is 11.8. The predicted molar refractivity (Wildman–Crippen MR) is 100 cm³/mol. The molecule has 128 valence electrons. The van der Waals surface area contributed by atoms with Gasteiger partial charge in [0.15, 0.2) is 0 Å². The zero-order chi connectivity index (χ0) is 17.8. The highest BCUT2D eigenvalue weighted by molar-refractivity contribution is 7.15. The highest BCUT2D eigenvalue weighted by atomic mass is 35.5. The number of carbonyl (C=O) groups is 1. The third-order valence-electron chi connectivity index (χ3n) is 3.29. The maximum atomic E-state index is 11.2. The minimum atomic E-state index is -0.131. The summed E-state index contributed by atoms with van der Waals surface area (Å²) in [5, 5.41) is 7.40. The summed E-state index contributed by atoms with van der Waals surface area (Å²) in [6, 6.07) is 8.99. The minimum absolute atomic E-state index is 0.0809. The Morgan fingerprint density at radius 3 is 2.84 bits per heavy atom. The molecule has 3 rings (SSSR count). The van der Waals surface area contributed by atoms with E-state index in [2.05, 4.69) is 25.6 Å². The third kappa shape index (κ3) is 4.52. The molecule has 2 N–H and O–H groups in total. The van der Waals surface area contributed by atoms with E-state index in [4.69, 9.17) is 11.6 Å². The van der Waals surface area contributed by atoms with E-state index in [-0.39, 0.29) is 11.9 Å². The number of rotatable bonds is 5. The lowest BCUT2D eigenvalue weighted by Crippen LogP contribution is -2.23. The zero-order valence-corrected chi connectivity index (χ0v) is 15.2. The number of nitrogens with zero attached hydrogens (tertiary/aromatic N) is 3. The van der Waals surface area contributed by atoms with Crippen molar-refractivity contribution in [3.05, 3.63) is 52.8 Å². The van der Waals surface area contributed by atoms with Gasteiger partial charge in [-0.1, -0.05) is 17.7 Å². The lowest BCUT2D eigenvalue weighted by Gasteiger charge is -2.08. The average Bonchev–Trinajstić information content (AvgIpc) is 3.05. The van der Waals surface area contributed by atoms with Crippen LogP contribution in [-0.2, 0) is 4.79 Å².